The molecule has 1 aromatic rings. The van der Waals surface area contributed by atoms with E-state index in [0.717, 1.165) is 17.2 Å². The third kappa shape index (κ3) is 2.37. The van der Waals surface area contributed by atoms with Crippen molar-refractivity contribution in [2.45, 2.75) is 43.2 Å². The molecule has 2 heterocycles. The summed E-state index contributed by atoms with van der Waals surface area (Å²) in [6, 6.07) is 2.29. The number of aliphatic hydroxyl groups excluding tert-OH is 1. The van der Waals surface area contributed by atoms with Crippen LogP contribution in [0, 0.1) is 0 Å². The molecule has 1 unspecified atom stereocenters. The van der Waals surface area contributed by atoms with Gasteiger partial charge in [0, 0.05) is 6.20 Å². The first-order valence-electron chi connectivity index (χ1n) is 7.35. The Morgan fingerprint density at radius 2 is 1.96 bits per heavy atom. The van der Waals surface area contributed by atoms with Crippen LogP contribution in [0.25, 0.3) is 0 Å². The number of nitrogens with zero attached hydrogens (tertiary/aromatic N) is 2. The molecule has 2 N–H and O–H groups in total. The van der Waals surface area contributed by atoms with Crippen molar-refractivity contribution >= 4 is 11.9 Å². The number of hydrogen-bond donors (Lipinski definition) is 2. The Labute approximate surface area is 130 Å². The summed E-state index contributed by atoms with van der Waals surface area (Å²) in [6.07, 6.45) is 1.15. The van der Waals surface area contributed by atoms with Gasteiger partial charge in [-0.1, -0.05) is 12.8 Å². The molecule has 1 saturated heterocycles. The van der Waals surface area contributed by atoms with Crippen molar-refractivity contribution in [2.75, 3.05) is 6.54 Å². The number of carboxylic acids is 1. The van der Waals surface area contributed by atoms with Crippen LogP contribution in [0.15, 0.2) is 18.3 Å². The van der Waals surface area contributed by atoms with Crippen LogP contribution in [0.5, 0.6) is 0 Å². The summed E-state index contributed by atoms with van der Waals surface area (Å²) >= 11 is 0. The minimum Gasteiger partial charge on any atom is -0.478 e. The fourth-order valence-corrected chi connectivity index (χ4v) is 3.62. The summed E-state index contributed by atoms with van der Waals surface area (Å²) in [6.45, 7) is -0.883. The predicted octanol–water partition coefficient (Wildman–Crippen LogP) is 1.54. The van der Waals surface area contributed by atoms with Crippen LogP contribution >= 0.6 is 0 Å². The zero-order valence-corrected chi connectivity index (χ0v) is 12.2. The minimum absolute atomic E-state index is 0.143. The summed E-state index contributed by atoms with van der Waals surface area (Å²) in [7, 11) is 0. The van der Waals surface area contributed by atoms with Crippen molar-refractivity contribution < 1.29 is 28.6 Å². The zero-order chi connectivity index (χ0) is 16.8. The van der Waals surface area contributed by atoms with Crippen molar-refractivity contribution in [2.24, 2.45) is 0 Å². The average molecular weight is 326 g/mol. The molecule has 1 amide bonds. The zero-order valence-electron chi connectivity index (χ0n) is 12.2. The van der Waals surface area contributed by atoms with Crippen LogP contribution in [0.3, 0.4) is 0 Å². The number of carboxylic acid groups (broad SMARTS) is 1. The molecule has 0 radical (unpaired) electrons. The fraction of sp³-hybridized carbons (Fsp3) is 0.533. The Hall–Kier alpha value is -2.09. The number of hydrogen-bond acceptors (Lipinski definition) is 4. The highest BCUT2D eigenvalue weighted by molar-refractivity contribution is 5.96. The van der Waals surface area contributed by atoms with Crippen molar-refractivity contribution in [3.8, 4) is 0 Å². The monoisotopic (exact) mass is 326 g/mol. The number of aromatic carboxylic acids is 1. The number of rotatable bonds is 2. The molecule has 6 nitrogen and oxygen atoms in total. The molecule has 2 aliphatic rings. The quantitative estimate of drug-likeness (QED) is 0.860. The lowest BCUT2D eigenvalue weighted by atomic mass is 9.90. The lowest BCUT2D eigenvalue weighted by Crippen LogP contribution is -2.52. The molecule has 1 spiro atoms. The Kier molecular flexibility index (Phi) is 3.59. The van der Waals surface area contributed by atoms with Gasteiger partial charge >= 0.3 is 5.97 Å². The highest BCUT2D eigenvalue weighted by Gasteiger charge is 2.64. The second-order valence-corrected chi connectivity index (χ2v) is 6.10. The molecule has 23 heavy (non-hydrogen) atoms. The van der Waals surface area contributed by atoms with E-state index in [1.165, 1.54) is 6.07 Å². The van der Waals surface area contributed by atoms with Gasteiger partial charge in [-0.25, -0.2) is 13.6 Å². The maximum absolute atomic E-state index is 14.0. The number of aromatic nitrogens is 1. The molecular weight excluding hydrogens is 310 g/mol. The lowest BCUT2D eigenvalue weighted by molar-refractivity contribution is -0.0959. The highest BCUT2D eigenvalue weighted by atomic mass is 19.3. The van der Waals surface area contributed by atoms with E-state index in [-0.39, 0.29) is 11.3 Å². The molecule has 0 bridgehead atoms. The molecule has 0 aromatic carbocycles. The van der Waals surface area contributed by atoms with Crippen LogP contribution in [0.4, 0.5) is 8.78 Å². The van der Waals surface area contributed by atoms with Gasteiger partial charge in [0.05, 0.1) is 17.6 Å². The van der Waals surface area contributed by atoms with E-state index in [1.807, 2.05) is 0 Å². The van der Waals surface area contributed by atoms with Crippen molar-refractivity contribution in [1.82, 2.24) is 9.88 Å². The summed E-state index contributed by atoms with van der Waals surface area (Å²) in [5.74, 6) is -5.39. The van der Waals surface area contributed by atoms with Crippen molar-refractivity contribution in [3.05, 3.63) is 29.6 Å². The third-order valence-corrected chi connectivity index (χ3v) is 4.76. The van der Waals surface area contributed by atoms with Crippen LogP contribution in [-0.4, -0.2) is 56.1 Å². The van der Waals surface area contributed by atoms with E-state index in [1.54, 1.807) is 0 Å². The summed E-state index contributed by atoms with van der Waals surface area (Å²) in [5, 5.41) is 19.0. The summed E-state index contributed by atoms with van der Waals surface area (Å²) in [4.78, 5) is 28.4. The maximum Gasteiger partial charge on any atom is 0.335 e. The highest BCUT2D eigenvalue weighted by Crippen LogP contribution is 2.49. The maximum atomic E-state index is 14.0. The molecule has 3 rings (SSSR count). The number of carbonyl (C=O) groups is 2. The lowest BCUT2D eigenvalue weighted by Gasteiger charge is -2.36. The number of amides is 1. The molecule has 124 valence electrons. The molecule has 1 aromatic heterocycles. The number of aliphatic hydroxyl groups is 1. The summed E-state index contributed by atoms with van der Waals surface area (Å²) < 4.78 is 28.0. The number of likely N-dealkylation sites (tertiary alicyclic amines) is 1. The molecule has 1 aliphatic carbocycles. The van der Waals surface area contributed by atoms with Gasteiger partial charge in [0.15, 0.2) is 0 Å². The second kappa shape index (κ2) is 5.23. The van der Waals surface area contributed by atoms with Gasteiger partial charge in [-0.3, -0.25) is 9.78 Å². The van der Waals surface area contributed by atoms with Crippen molar-refractivity contribution in [3.63, 3.8) is 0 Å². The SMILES string of the molecule is O=C(O)c1ccnc(C(=O)N2CC(F)(F)C(O)C23CCCC3)c1. The standard InChI is InChI=1S/C15H16F2N2O4/c16-15(17)8-19(14(13(15)23)4-1-2-5-14)11(20)10-7-9(12(21)22)3-6-18-10/h3,6-7,13,23H,1-2,4-5,8H2,(H,21,22). The van der Waals surface area contributed by atoms with E-state index >= 15 is 0 Å². The largest absolute Gasteiger partial charge is 0.478 e. The molecule has 8 heteroatoms. The van der Waals surface area contributed by atoms with E-state index in [2.05, 4.69) is 4.98 Å². The number of alkyl halides is 2. The average Bonchev–Trinajstić information content (AvgIpc) is 3.08. The predicted molar refractivity (Wildman–Crippen MR) is 74.4 cm³/mol. The Bertz CT molecular complexity index is 659. The van der Waals surface area contributed by atoms with E-state index in [4.69, 9.17) is 5.11 Å². The van der Waals surface area contributed by atoms with Crippen LogP contribution in [0.2, 0.25) is 0 Å². The van der Waals surface area contributed by atoms with Crippen LogP contribution in [0.1, 0.15) is 46.5 Å². The first kappa shape index (κ1) is 15.8. The third-order valence-electron chi connectivity index (χ3n) is 4.76. The smallest absolute Gasteiger partial charge is 0.335 e. The van der Waals surface area contributed by atoms with Gasteiger partial charge in [-0.2, -0.15) is 0 Å². The number of halogens is 2. The Morgan fingerprint density at radius 1 is 1.30 bits per heavy atom. The Morgan fingerprint density at radius 3 is 2.57 bits per heavy atom. The number of pyridine rings is 1. The van der Waals surface area contributed by atoms with Crippen molar-refractivity contribution in [1.29, 1.82) is 0 Å². The molecular formula is C15H16F2N2O4. The minimum atomic E-state index is -3.38. The molecule has 1 saturated carbocycles. The molecule has 1 aliphatic heterocycles. The van der Waals surface area contributed by atoms with Gasteiger partial charge in [-0.05, 0) is 25.0 Å². The van der Waals surface area contributed by atoms with Gasteiger partial charge in [0.1, 0.15) is 11.8 Å². The molecule has 1 atom stereocenters. The van der Waals surface area contributed by atoms with Gasteiger partial charge in [-0.15, -0.1) is 0 Å². The first-order valence-corrected chi connectivity index (χ1v) is 7.35. The van der Waals surface area contributed by atoms with Crippen LogP contribution < -0.4 is 0 Å². The Balaban J connectivity index is 1.98. The molecule has 2 fully saturated rings. The topological polar surface area (TPSA) is 90.7 Å². The van der Waals surface area contributed by atoms with Gasteiger partial charge in [0.2, 0.25) is 0 Å². The van der Waals surface area contributed by atoms with Gasteiger partial charge < -0.3 is 15.1 Å². The van der Waals surface area contributed by atoms with Crippen LogP contribution in [-0.2, 0) is 0 Å². The summed E-state index contributed by atoms with van der Waals surface area (Å²) in [5.41, 5.74) is -1.64. The number of carbonyl (C=O) groups excluding carboxylic acids is 1. The second-order valence-electron chi connectivity index (χ2n) is 6.10. The van der Waals surface area contributed by atoms with Gasteiger partial charge in [0.25, 0.3) is 11.8 Å². The fourth-order valence-electron chi connectivity index (χ4n) is 3.62. The van der Waals surface area contributed by atoms with E-state index < -0.39 is 36.0 Å². The van der Waals surface area contributed by atoms with E-state index in [0.29, 0.717) is 25.7 Å². The normalized spacial score (nSPS) is 25.0. The van der Waals surface area contributed by atoms with E-state index in [9.17, 15) is 23.5 Å². The first-order chi connectivity index (χ1) is 10.8.